The second kappa shape index (κ2) is 5.16. The minimum Gasteiger partial charge on any atom is -0.384 e. The molecule has 0 fully saturated rings. The molecule has 106 valence electrons. The smallest absolute Gasteiger partial charge is 0.384 e. The minimum atomic E-state index is -4.55. The van der Waals surface area contributed by atoms with Gasteiger partial charge in [0.1, 0.15) is 16.6 Å². The largest absolute Gasteiger partial charge is 0.433 e. The topological polar surface area (TPSA) is 80.6 Å². The molecule has 0 amide bonds. The van der Waals surface area contributed by atoms with Gasteiger partial charge in [-0.25, -0.2) is 9.97 Å². The van der Waals surface area contributed by atoms with Gasteiger partial charge in [0.25, 0.3) is 0 Å². The van der Waals surface area contributed by atoms with Gasteiger partial charge >= 0.3 is 6.18 Å². The second-order valence-electron chi connectivity index (χ2n) is 3.88. The fraction of sp³-hybridized carbons (Fsp3) is 0.182. The van der Waals surface area contributed by atoms with Crippen molar-refractivity contribution in [2.45, 2.75) is 16.4 Å². The number of imidazole rings is 1. The first kappa shape index (κ1) is 14.4. The van der Waals surface area contributed by atoms with Crippen molar-refractivity contribution in [3.63, 3.8) is 0 Å². The van der Waals surface area contributed by atoms with Gasteiger partial charge in [0.05, 0.1) is 0 Å². The van der Waals surface area contributed by atoms with Gasteiger partial charge in [-0.3, -0.25) is 5.41 Å². The number of nitrogens with zero attached hydrogens (tertiary/aromatic N) is 3. The van der Waals surface area contributed by atoms with Crippen molar-refractivity contribution in [2.24, 2.45) is 12.8 Å². The summed E-state index contributed by atoms with van der Waals surface area (Å²) in [6.07, 6.45) is -1.38. The zero-order valence-corrected chi connectivity index (χ0v) is 11.1. The summed E-state index contributed by atoms with van der Waals surface area (Å²) in [7, 11) is 1.70. The fourth-order valence-corrected chi connectivity index (χ4v) is 2.34. The molecule has 0 aliphatic rings. The molecule has 2 rings (SSSR count). The maximum absolute atomic E-state index is 12.7. The van der Waals surface area contributed by atoms with Crippen LogP contribution >= 0.6 is 11.8 Å². The Kier molecular flexibility index (Phi) is 3.71. The van der Waals surface area contributed by atoms with Crippen LogP contribution < -0.4 is 5.73 Å². The Morgan fingerprint density at radius 1 is 1.40 bits per heavy atom. The third-order valence-corrected chi connectivity index (χ3v) is 3.49. The van der Waals surface area contributed by atoms with Crippen molar-refractivity contribution in [1.82, 2.24) is 14.5 Å². The van der Waals surface area contributed by atoms with Crippen molar-refractivity contribution >= 4 is 17.6 Å². The van der Waals surface area contributed by atoms with Gasteiger partial charge in [-0.1, -0.05) is 0 Å². The predicted molar refractivity (Wildman–Crippen MR) is 67.6 cm³/mol. The van der Waals surface area contributed by atoms with E-state index in [0.717, 1.165) is 23.9 Å². The number of pyridine rings is 1. The molecular formula is C11H10F3N5S. The van der Waals surface area contributed by atoms with Crippen LogP contribution in [-0.2, 0) is 13.2 Å². The molecule has 2 aromatic heterocycles. The van der Waals surface area contributed by atoms with Gasteiger partial charge in [0.2, 0.25) is 0 Å². The van der Waals surface area contributed by atoms with E-state index in [0.29, 0.717) is 5.16 Å². The molecule has 0 spiro atoms. The predicted octanol–water partition coefficient (Wildman–Crippen LogP) is 2.27. The number of aryl methyl sites for hydroxylation is 1. The molecule has 0 saturated carbocycles. The summed E-state index contributed by atoms with van der Waals surface area (Å²) in [6.45, 7) is 0. The fourth-order valence-electron chi connectivity index (χ4n) is 1.42. The minimum absolute atomic E-state index is 0.00150. The van der Waals surface area contributed by atoms with E-state index in [4.69, 9.17) is 11.1 Å². The maximum Gasteiger partial charge on any atom is 0.433 e. The number of alkyl halides is 3. The van der Waals surface area contributed by atoms with Crippen molar-refractivity contribution < 1.29 is 13.2 Å². The molecule has 3 N–H and O–H groups in total. The molecule has 0 unspecified atom stereocenters. The normalized spacial score (nSPS) is 11.6. The number of nitrogens with two attached hydrogens (primary N) is 1. The zero-order chi connectivity index (χ0) is 14.9. The third kappa shape index (κ3) is 2.93. The van der Waals surface area contributed by atoms with Gasteiger partial charge < -0.3 is 10.3 Å². The molecule has 9 heteroatoms. The molecule has 0 aliphatic carbocycles. The van der Waals surface area contributed by atoms with Crippen LogP contribution in [0.1, 0.15) is 11.3 Å². The number of halogens is 3. The number of rotatable bonds is 3. The molecule has 0 radical (unpaired) electrons. The van der Waals surface area contributed by atoms with E-state index in [1.807, 2.05) is 0 Å². The number of hydrogen-bond acceptors (Lipinski definition) is 4. The summed E-state index contributed by atoms with van der Waals surface area (Å²) < 4.78 is 39.7. The van der Waals surface area contributed by atoms with E-state index in [-0.39, 0.29) is 16.4 Å². The highest BCUT2D eigenvalue weighted by atomic mass is 32.2. The average molecular weight is 301 g/mol. The number of hydrogen-bond donors (Lipinski definition) is 2. The summed E-state index contributed by atoms with van der Waals surface area (Å²) in [4.78, 5) is 7.54. The van der Waals surface area contributed by atoms with Gasteiger partial charge in [-0.15, -0.1) is 0 Å². The van der Waals surface area contributed by atoms with Crippen molar-refractivity contribution in [1.29, 1.82) is 5.41 Å². The van der Waals surface area contributed by atoms with Crippen LogP contribution in [0.2, 0.25) is 0 Å². The van der Waals surface area contributed by atoms with Crippen molar-refractivity contribution in [3.05, 3.63) is 35.8 Å². The first-order valence-corrected chi connectivity index (χ1v) is 6.18. The molecular weight excluding hydrogens is 291 g/mol. The van der Waals surface area contributed by atoms with E-state index < -0.39 is 11.9 Å². The summed E-state index contributed by atoms with van der Waals surface area (Å²) >= 11 is 0.926. The van der Waals surface area contributed by atoms with Crippen LogP contribution in [0.3, 0.4) is 0 Å². The summed E-state index contributed by atoms with van der Waals surface area (Å²) in [6, 6.07) is 1.95. The molecule has 0 atom stereocenters. The molecule has 5 nitrogen and oxygen atoms in total. The zero-order valence-electron chi connectivity index (χ0n) is 10.3. The Morgan fingerprint density at radius 2 is 2.10 bits per heavy atom. The molecule has 0 saturated heterocycles. The Labute approximate surface area is 116 Å². The van der Waals surface area contributed by atoms with Gasteiger partial charge in [0, 0.05) is 25.0 Å². The van der Waals surface area contributed by atoms with E-state index >= 15 is 0 Å². The number of amidine groups is 1. The van der Waals surface area contributed by atoms with Crippen molar-refractivity contribution in [2.75, 3.05) is 0 Å². The highest BCUT2D eigenvalue weighted by Crippen LogP contribution is 2.32. The monoisotopic (exact) mass is 301 g/mol. The van der Waals surface area contributed by atoms with E-state index in [2.05, 4.69) is 9.97 Å². The van der Waals surface area contributed by atoms with E-state index in [1.165, 1.54) is 6.20 Å². The third-order valence-electron chi connectivity index (χ3n) is 2.41. The lowest BCUT2D eigenvalue weighted by Gasteiger charge is -2.11. The molecule has 20 heavy (non-hydrogen) atoms. The molecule has 2 heterocycles. The number of aromatic nitrogens is 3. The maximum atomic E-state index is 12.7. The molecule has 0 bridgehead atoms. The lowest BCUT2D eigenvalue weighted by atomic mass is 10.2. The van der Waals surface area contributed by atoms with Crippen LogP contribution in [0.25, 0.3) is 0 Å². The molecule has 0 aromatic carbocycles. The Morgan fingerprint density at radius 3 is 2.60 bits per heavy atom. The van der Waals surface area contributed by atoms with Gasteiger partial charge in [-0.2, -0.15) is 13.2 Å². The van der Waals surface area contributed by atoms with Gasteiger partial charge in [0.15, 0.2) is 5.16 Å². The summed E-state index contributed by atoms with van der Waals surface area (Å²) in [5, 5.41) is 7.86. The lowest BCUT2D eigenvalue weighted by Crippen LogP contribution is -2.16. The highest BCUT2D eigenvalue weighted by Gasteiger charge is 2.33. The van der Waals surface area contributed by atoms with Crippen molar-refractivity contribution in [3.8, 4) is 0 Å². The van der Waals surface area contributed by atoms with E-state index in [9.17, 15) is 13.2 Å². The van der Waals surface area contributed by atoms with Crippen LogP contribution in [0.4, 0.5) is 13.2 Å². The highest BCUT2D eigenvalue weighted by molar-refractivity contribution is 7.99. The Bertz CT molecular complexity index is 650. The van der Waals surface area contributed by atoms with Gasteiger partial charge in [-0.05, 0) is 23.9 Å². The molecule has 2 aromatic rings. The average Bonchev–Trinajstić information content (AvgIpc) is 2.73. The summed E-state index contributed by atoms with van der Waals surface area (Å²) in [5.41, 5.74) is 4.48. The summed E-state index contributed by atoms with van der Waals surface area (Å²) in [5.74, 6) is -0.345. The van der Waals surface area contributed by atoms with Crippen LogP contribution in [0.5, 0.6) is 0 Å². The Hall–Kier alpha value is -2.03. The SMILES string of the molecule is Cn1ccnc1Sc1nc(C(F)(F)F)ccc1C(=N)N. The van der Waals surface area contributed by atoms with E-state index in [1.54, 1.807) is 17.8 Å². The standard InChI is InChI=1S/C11H10F3N5S/c1-19-5-4-17-10(19)20-9-6(8(15)16)2-3-7(18-9)11(12,13)14/h2-5H,1H3,(H3,15,16). The first-order chi connectivity index (χ1) is 9.29. The quantitative estimate of drug-likeness (QED) is 0.673. The lowest BCUT2D eigenvalue weighted by molar-refractivity contribution is -0.141. The van der Waals surface area contributed by atoms with Crippen LogP contribution in [0, 0.1) is 5.41 Å². The number of nitrogen functional groups attached to an aromatic ring is 1. The number of nitrogens with one attached hydrogen (secondary N) is 1. The van der Waals surface area contributed by atoms with Crippen LogP contribution in [-0.4, -0.2) is 20.4 Å². The Balaban J connectivity index is 2.47. The first-order valence-electron chi connectivity index (χ1n) is 5.37. The molecule has 0 aliphatic heterocycles. The van der Waals surface area contributed by atoms with Crippen LogP contribution in [0.15, 0.2) is 34.7 Å². The second-order valence-corrected chi connectivity index (χ2v) is 4.84.